The van der Waals surface area contributed by atoms with Gasteiger partial charge >= 0.3 is 6.08 Å². The molecule has 0 unspecified atom stereocenters. The topological polar surface area (TPSA) is 35.3 Å². The van der Waals surface area contributed by atoms with Gasteiger partial charge in [-0.3, -0.25) is 0 Å². The number of hydrogen-bond acceptors (Lipinski definition) is 3. The predicted octanol–water partition coefficient (Wildman–Crippen LogP) is 2.61. The summed E-state index contributed by atoms with van der Waals surface area (Å²) in [6, 6.07) is 5.61. The van der Waals surface area contributed by atoms with Gasteiger partial charge < -0.3 is 9.15 Å². The summed E-state index contributed by atoms with van der Waals surface area (Å²) in [7, 11) is 0. The summed E-state index contributed by atoms with van der Waals surface area (Å²) in [6.07, 6.45) is 3.02. The number of hydrogen-bond donors (Lipinski definition) is 0. The van der Waals surface area contributed by atoms with E-state index in [4.69, 9.17) is 9.15 Å². The zero-order chi connectivity index (χ0) is 9.10. The van der Waals surface area contributed by atoms with Crippen LogP contribution < -0.4 is 4.74 Å². The van der Waals surface area contributed by atoms with Crippen molar-refractivity contribution in [2.24, 2.45) is 0 Å². The normalized spacial score (nSPS) is 9.92. The average molecular weight is 179 g/mol. The third-order valence-electron chi connectivity index (χ3n) is 1.43. The second kappa shape index (κ2) is 3.26. The van der Waals surface area contributed by atoms with Gasteiger partial charge in [0.2, 0.25) is 0 Å². The van der Waals surface area contributed by atoms with Gasteiger partial charge in [-0.15, -0.1) is 0 Å². The molecule has 1 aromatic heterocycles. The predicted molar refractivity (Wildman–Crippen MR) is 43.0 cm³/mol. The first kappa shape index (κ1) is 7.79. The van der Waals surface area contributed by atoms with Crippen LogP contribution in [0.25, 0.3) is 0 Å². The zero-order valence-electron chi connectivity index (χ0n) is 6.61. The van der Waals surface area contributed by atoms with E-state index in [0.717, 1.165) is 0 Å². The molecule has 0 aliphatic heterocycles. The lowest BCUT2D eigenvalue weighted by molar-refractivity contribution is 0.330. The number of ether oxygens (including phenoxy) is 1. The van der Waals surface area contributed by atoms with Crippen molar-refractivity contribution in [3.8, 4) is 11.8 Å². The SMILES string of the molecule is Fc1ccc(Oc2ncco2)cc1. The third kappa shape index (κ3) is 1.84. The lowest BCUT2D eigenvalue weighted by Gasteiger charge is -1.98. The number of nitrogens with zero attached hydrogens (tertiary/aromatic N) is 1. The molecule has 0 atom stereocenters. The van der Waals surface area contributed by atoms with E-state index in [1.165, 1.54) is 36.7 Å². The first-order valence-electron chi connectivity index (χ1n) is 3.67. The highest BCUT2D eigenvalue weighted by Crippen LogP contribution is 2.18. The Morgan fingerprint density at radius 2 is 2.00 bits per heavy atom. The fraction of sp³-hybridized carbons (Fsp3) is 0. The minimum atomic E-state index is -0.306. The van der Waals surface area contributed by atoms with Crippen LogP contribution in [0.3, 0.4) is 0 Å². The van der Waals surface area contributed by atoms with Crippen LogP contribution in [0.5, 0.6) is 11.8 Å². The Bertz CT molecular complexity index is 369. The molecule has 2 aromatic rings. The maximum atomic E-state index is 12.5. The molecule has 0 saturated carbocycles. The molecule has 0 N–H and O–H groups in total. The van der Waals surface area contributed by atoms with Crippen LogP contribution in [-0.4, -0.2) is 4.98 Å². The summed E-state index contributed by atoms with van der Waals surface area (Å²) in [5.41, 5.74) is 0. The smallest absolute Gasteiger partial charge is 0.399 e. The Hall–Kier alpha value is -1.84. The highest BCUT2D eigenvalue weighted by molar-refractivity contribution is 5.24. The van der Waals surface area contributed by atoms with Gasteiger partial charge in [0.05, 0.1) is 6.20 Å². The number of benzene rings is 1. The molecule has 0 bridgehead atoms. The van der Waals surface area contributed by atoms with Gasteiger partial charge in [0.25, 0.3) is 0 Å². The van der Waals surface area contributed by atoms with Gasteiger partial charge in [0.1, 0.15) is 17.8 Å². The Morgan fingerprint density at radius 1 is 1.23 bits per heavy atom. The Kier molecular flexibility index (Phi) is 1.96. The molecule has 1 heterocycles. The fourth-order valence-electron chi connectivity index (χ4n) is 0.864. The molecule has 13 heavy (non-hydrogen) atoms. The minimum Gasteiger partial charge on any atom is -0.417 e. The van der Waals surface area contributed by atoms with Crippen LogP contribution in [0.4, 0.5) is 4.39 Å². The minimum absolute atomic E-state index is 0.145. The van der Waals surface area contributed by atoms with Crippen LogP contribution in [0.15, 0.2) is 41.1 Å². The second-order valence-corrected chi connectivity index (χ2v) is 2.35. The van der Waals surface area contributed by atoms with Crippen LogP contribution in [-0.2, 0) is 0 Å². The van der Waals surface area contributed by atoms with Crippen molar-refractivity contribution in [3.63, 3.8) is 0 Å². The molecule has 0 amide bonds. The second-order valence-electron chi connectivity index (χ2n) is 2.35. The van der Waals surface area contributed by atoms with Crippen LogP contribution in [0.1, 0.15) is 0 Å². The van der Waals surface area contributed by atoms with E-state index in [0.29, 0.717) is 5.75 Å². The fourth-order valence-corrected chi connectivity index (χ4v) is 0.864. The van der Waals surface area contributed by atoms with E-state index in [2.05, 4.69) is 4.98 Å². The Balaban J connectivity index is 2.15. The van der Waals surface area contributed by atoms with E-state index in [9.17, 15) is 4.39 Å². The lowest BCUT2D eigenvalue weighted by atomic mass is 10.3. The van der Waals surface area contributed by atoms with Gasteiger partial charge in [-0.05, 0) is 24.3 Å². The molecule has 0 radical (unpaired) electrons. The van der Waals surface area contributed by atoms with Gasteiger partial charge in [-0.1, -0.05) is 0 Å². The molecule has 4 heteroatoms. The molecule has 0 saturated heterocycles. The molecule has 0 fully saturated rings. The Labute approximate surface area is 73.8 Å². The maximum Gasteiger partial charge on any atom is 0.399 e. The largest absolute Gasteiger partial charge is 0.417 e. The summed E-state index contributed by atoms with van der Waals surface area (Å²) < 4.78 is 22.4. The molecular formula is C9H6FNO2. The van der Waals surface area contributed by atoms with E-state index in [1.807, 2.05) is 0 Å². The summed E-state index contributed by atoms with van der Waals surface area (Å²) in [5, 5.41) is 0. The van der Waals surface area contributed by atoms with Gasteiger partial charge in [-0.2, -0.15) is 4.98 Å². The van der Waals surface area contributed by atoms with Crippen LogP contribution >= 0.6 is 0 Å². The zero-order valence-corrected chi connectivity index (χ0v) is 6.61. The molecule has 0 aliphatic carbocycles. The number of oxazole rings is 1. The molecule has 2 rings (SSSR count). The molecule has 66 valence electrons. The number of halogens is 1. The van der Waals surface area contributed by atoms with Gasteiger partial charge in [0.15, 0.2) is 0 Å². The summed E-state index contributed by atoms with van der Waals surface area (Å²) in [6.45, 7) is 0. The summed E-state index contributed by atoms with van der Waals surface area (Å²) >= 11 is 0. The van der Waals surface area contributed by atoms with Crippen molar-refractivity contribution in [2.75, 3.05) is 0 Å². The lowest BCUT2D eigenvalue weighted by Crippen LogP contribution is -1.83. The monoisotopic (exact) mass is 179 g/mol. The molecule has 0 aliphatic rings. The number of rotatable bonds is 2. The first-order chi connectivity index (χ1) is 6.34. The average Bonchev–Trinajstić information content (AvgIpc) is 2.62. The summed E-state index contributed by atoms with van der Waals surface area (Å²) in [5.74, 6) is 0.184. The maximum absolute atomic E-state index is 12.5. The van der Waals surface area contributed by atoms with E-state index >= 15 is 0 Å². The molecule has 0 spiro atoms. The van der Waals surface area contributed by atoms with Crippen molar-refractivity contribution in [1.82, 2.24) is 4.98 Å². The van der Waals surface area contributed by atoms with Crippen molar-refractivity contribution < 1.29 is 13.5 Å². The quantitative estimate of drug-likeness (QED) is 0.710. The van der Waals surface area contributed by atoms with Crippen LogP contribution in [0.2, 0.25) is 0 Å². The Morgan fingerprint density at radius 3 is 2.62 bits per heavy atom. The van der Waals surface area contributed by atoms with Crippen molar-refractivity contribution >= 4 is 0 Å². The van der Waals surface area contributed by atoms with Crippen LogP contribution in [0, 0.1) is 5.82 Å². The highest BCUT2D eigenvalue weighted by Gasteiger charge is 2.00. The van der Waals surface area contributed by atoms with E-state index < -0.39 is 0 Å². The molecule has 1 aromatic carbocycles. The van der Waals surface area contributed by atoms with E-state index in [-0.39, 0.29) is 11.9 Å². The highest BCUT2D eigenvalue weighted by atomic mass is 19.1. The summed E-state index contributed by atoms with van der Waals surface area (Å²) in [4.78, 5) is 3.75. The van der Waals surface area contributed by atoms with Crippen molar-refractivity contribution in [2.45, 2.75) is 0 Å². The van der Waals surface area contributed by atoms with Crippen molar-refractivity contribution in [3.05, 3.63) is 42.5 Å². The first-order valence-corrected chi connectivity index (χ1v) is 3.67. The van der Waals surface area contributed by atoms with Crippen molar-refractivity contribution in [1.29, 1.82) is 0 Å². The molecular weight excluding hydrogens is 173 g/mol. The van der Waals surface area contributed by atoms with E-state index in [1.54, 1.807) is 0 Å². The standard InChI is InChI=1S/C9H6FNO2/c10-7-1-3-8(4-2-7)13-9-11-5-6-12-9/h1-6H. The number of aromatic nitrogens is 1. The van der Waals surface area contributed by atoms with Gasteiger partial charge in [0, 0.05) is 0 Å². The molecule has 3 nitrogen and oxygen atoms in total. The van der Waals surface area contributed by atoms with Gasteiger partial charge in [-0.25, -0.2) is 4.39 Å². The third-order valence-corrected chi connectivity index (χ3v) is 1.43.